The molecular weight excluding hydrogens is 753 g/mol. The molecule has 1 unspecified atom stereocenters. The summed E-state index contributed by atoms with van der Waals surface area (Å²) in [4.78, 5) is 93.2. The predicted octanol–water partition coefficient (Wildman–Crippen LogP) is 3.60. The van der Waals surface area contributed by atoms with Crippen molar-refractivity contribution in [3.05, 3.63) is 101 Å². The number of hydrogen-bond donors (Lipinski definition) is 2. The summed E-state index contributed by atoms with van der Waals surface area (Å²) in [6, 6.07) is 15.0. The highest BCUT2D eigenvalue weighted by Gasteiger charge is 2.45. The van der Waals surface area contributed by atoms with Crippen LogP contribution in [-0.2, 0) is 32.2 Å². The molecule has 5 aromatic rings. The Morgan fingerprint density at radius 1 is 0.932 bits per heavy atom. The highest BCUT2D eigenvalue weighted by Crippen LogP contribution is 2.38. The molecule has 15 nitrogen and oxygen atoms in total. The molecule has 0 radical (unpaired) electrons. The zero-order valence-electron chi connectivity index (χ0n) is 32.1. The van der Waals surface area contributed by atoms with Gasteiger partial charge in [0.2, 0.25) is 17.7 Å². The number of pyridine rings is 2. The minimum atomic E-state index is -1.08. The van der Waals surface area contributed by atoms with E-state index in [-0.39, 0.29) is 47.7 Å². The summed E-state index contributed by atoms with van der Waals surface area (Å²) in [6.07, 6.45) is 5.32. The van der Waals surface area contributed by atoms with Gasteiger partial charge in [0, 0.05) is 80.0 Å². The number of amides is 6. The maximum atomic E-state index is 13.3. The molecule has 4 aliphatic rings. The van der Waals surface area contributed by atoms with Crippen molar-refractivity contribution < 1.29 is 33.5 Å². The number of benzene rings is 2. The van der Waals surface area contributed by atoms with Crippen molar-refractivity contribution in [3.63, 3.8) is 0 Å². The number of carbonyl (C=O) groups excluding carboxylic acids is 6. The second kappa shape index (κ2) is 15.4. The van der Waals surface area contributed by atoms with Crippen LogP contribution in [0.15, 0.2) is 67.0 Å². The lowest BCUT2D eigenvalue weighted by molar-refractivity contribution is -0.136. The molecule has 3 aromatic heterocycles. The number of nitrogens with one attached hydrogen (secondary N) is 2. The molecule has 15 heteroatoms. The summed E-state index contributed by atoms with van der Waals surface area (Å²) in [6.45, 7) is 4.80. The first-order valence-corrected chi connectivity index (χ1v) is 19.6. The molecule has 9 rings (SSSR count). The third kappa shape index (κ3) is 6.91. The predicted molar refractivity (Wildman–Crippen MR) is 212 cm³/mol. The molecule has 2 aromatic carbocycles. The van der Waals surface area contributed by atoms with E-state index in [9.17, 15) is 28.8 Å². The number of ether oxygens (including phenoxy) is 1. The molecule has 59 heavy (non-hydrogen) atoms. The van der Waals surface area contributed by atoms with Gasteiger partial charge >= 0.3 is 0 Å². The van der Waals surface area contributed by atoms with Crippen molar-refractivity contribution in [2.45, 2.75) is 57.7 Å². The molecular formula is C44H38N8O7. The van der Waals surface area contributed by atoms with Crippen LogP contribution in [0, 0.1) is 11.8 Å². The van der Waals surface area contributed by atoms with Crippen LogP contribution in [0.3, 0.4) is 0 Å². The van der Waals surface area contributed by atoms with Crippen molar-refractivity contribution in [1.29, 1.82) is 0 Å². The standard InChI is InChI=1S/C44H38N8O7/c1-25(53)50-17-18-51-36(24-50)39(49-40(51)27-14-19-59-20-15-27)30-8-3-6-28-21-34(47-23-32(28)30)29-10-11-33(46-22-29)41(55)45-16-4-7-26-5-2-9-31-38(26)44(58)52(43(31)57)35-12-13-37(54)48-42(35)56/h2-3,5-6,8-11,21-23,27,35H,12-20,24H2,1H3,(H,45,55)(H,48,54,56). The first-order chi connectivity index (χ1) is 28.7. The van der Waals surface area contributed by atoms with Gasteiger partial charge in [-0.3, -0.25) is 49.0 Å². The summed E-state index contributed by atoms with van der Waals surface area (Å²) < 4.78 is 7.95. The maximum absolute atomic E-state index is 13.3. The van der Waals surface area contributed by atoms with Gasteiger partial charge in [-0.15, -0.1) is 0 Å². The Morgan fingerprint density at radius 2 is 1.75 bits per heavy atom. The monoisotopic (exact) mass is 790 g/mol. The first kappa shape index (κ1) is 37.5. The van der Waals surface area contributed by atoms with E-state index in [4.69, 9.17) is 14.7 Å². The SMILES string of the molecule is CC(=O)N1CCn2c(C3CCOCC3)nc(-c3cccc4cc(-c5ccc(C(=O)NCC#Cc6cccc7c6C(=O)N(C6CCC(=O)NC6=O)C7=O)nc5)ncc34)c2C1. The van der Waals surface area contributed by atoms with Crippen molar-refractivity contribution in [3.8, 4) is 34.4 Å². The first-order valence-electron chi connectivity index (χ1n) is 19.6. The molecule has 0 saturated carbocycles. The normalized spacial score (nSPS) is 17.9. The van der Waals surface area contributed by atoms with Gasteiger partial charge in [-0.05, 0) is 55.0 Å². The van der Waals surface area contributed by atoms with Gasteiger partial charge in [0.05, 0.1) is 41.3 Å². The van der Waals surface area contributed by atoms with Gasteiger partial charge in [0.25, 0.3) is 17.7 Å². The van der Waals surface area contributed by atoms with Gasteiger partial charge in [0.1, 0.15) is 17.6 Å². The summed E-state index contributed by atoms with van der Waals surface area (Å²) in [5, 5.41) is 6.79. The van der Waals surface area contributed by atoms with Gasteiger partial charge < -0.3 is 19.5 Å². The summed E-state index contributed by atoms with van der Waals surface area (Å²) in [5.41, 5.74) is 4.91. The molecule has 4 aliphatic heterocycles. The molecule has 296 valence electrons. The average Bonchev–Trinajstić information content (AvgIpc) is 3.76. The Morgan fingerprint density at radius 3 is 2.53 bits per heavy atom. The Bertz CT molecular complexity index is 2670. The number of piperidine rings is 1. The van der Waals surface area contributed by atoms with Crippen LogP contribution in [0.1, 0.15) is 86.8 Å². The van der Waals surface area contributed by atoms with E-state index in [2.05, 4.69) is 38.1 Å². The van der Waals surface area contributed by atoms with Crippen LogP contribution in [0.5, 0.6) is 0 Å². The third-order valence-corrected chi connectivity index (χ3v) is 11.4. The Balaban J connectivity index is 0.895. The van der Waals surface area contributed by atoms with Crippen LogP contribution < -0.4 is 10.6 Å². The number of aromatic nitrogens is 4. The largest absolute Gasteiger partial charge is 0.381 e. The highest BCUT2D eigenvalue weighted by atomic mass is 16.5. The fourth-order valence-corrected chi connectivity index (χ4v) is 8.34. The minimum Gasteiger partial charge on any atom is -0.381 e. The van der Waals surface area contributed by atoms with E-state index in [0.29, 0.717) is 44.5 Å². The number of imidazole rings is 1. The molecule has 0 aliphatic carbocycles. The minimum absolute atomic E-state index is 0.0203. The number of carbonyl (C=O) groups is 6. The molecule has 0 bridgehead atoms. The second-order valence-electron chi connectivity index (χ2n) is 14.9. The zero-order valence-corrected chi connectivity index (χ0v) is 32.1. The molecule has 6 amide bonds. The molecule has 2 fully saturated rings. The van der Waals surface area contributed by atoms with Gasteiger partial charge in [-0.1, -0.05) is 36.1 Å². The zero-order chi connectivity index (χ0) is 40.8. The van der Waals surface area contributed by atoms with Crippen LogP contribution in [0.2, 0.25) is 0 Å². The summed E-state index contributed by atoms with van der Waals surface area (Å²) in [7, 11) is 0. The van der Waals surface area contributed by atoms with Crippen molar-refractivity contribution >= 4 is 46.2 Å². The van der Waals surface area contributed by atoms with E-state index in [1.54, 1.807) is 37.4 Å². The van der Waals surface area contributed by atoms with Crippen LogP contribution >= 0.6 is 0 Å². The van der Waals surface area contributed by atoms with E-state index in [0.717, 1.165) is 56.9 Å². The Labute approximate surface area is 338 Å². The van der Waals surface area contributed by atoms with Gasteiger partial charge in [-0.25, -0.2) is 4.98 Å². The molecule has 2 saturated heterocycles. The lowest BCUT2D eigenvalue weighted by atomic mass is 9.99. The quantitative estimate of drug-likeness (QED) is 0.190. The molecule has 7 heterocycles. The Kier molecular flexibility index (Phi) is 9.77. The lowest BCUT2D eigenvalue weighted by Gasteiger charge is -2.30. The fraction of sp³-hybridized carbons (Fsp3) is 0.295. The van der Waals surface area contributed by atoms with Crippen molar-refractivity contribution in [2.75, 3.05) is 26.3 Å². The highest BCUT2D eigenvalue weighted by molar-refractivity contribution is 6.24. The average molecular weight is 791 g/mol. The van der Waals surface area contributed by atoms with Crippen LogP contribution in [0.4, 0.5) is 0 Å². The maximum Gasteiger partial charge on any atom is 0.270 e. The smallest absolute Gasteiger partial charge is 0.270 e. The molecule has 1 atom stereocenters. The van der Waals surface area contributed by atoms with E-state index < -0.39 is 35.6 Å². The van der Waals surface area contributed by atoms with Gasteiger partial charge in [-0.2, -0.15) is 0 Å². The summed E-state index contributed by atoms with van der Waals surface area (Å²) >= 11 is 0. The van der Waals surface area contributed by atoms with Crippen LogP contribution in [-0.4, -0.2) is 97.1 Å². The van der Waals surface area contributed by atoms with Gasteiger partial charge in [0.15, 0.2) is 0 Å². The van der Waals surface area contributed by atoms with Crippen molar-refractivity contribution in [2.24, 2.45) is 0 Å². The number of hydrogen-bond acceptors (Lipinski definition) is 10. The van der Waals surface area contributed by atoms with Crippen molar-refractivity contribution in [1.82, 2.24) is 40.0 Å². The molecule has 2 N–H and O–H groups in total. The summed E-state index contributed by atoms with van der Waals surface area (Å²) in [5.74, 6) is 4.22. The van der Waals surface area contributed by atoms with Crippen LogP contribution in [0.25, 0.3) is 33.3 Å². The van der Waals surface area contributed by atoms with E-state index in [1.807, 2.05) is 29.3 Å². The lowest BCUT2D eigenvalue weighted by Crippen LogP contribution is -2.54. The number of fused-ring (bicyclic) bond motifs is 3. The Hall–Kier alpha value is -7.05. The molecule has 0 spiro atoms. The number of imide groups is 2. The van der Waals surface area contributed by atoms with E-state index >= 15 is 0 Å². The second-order valence-corrected chi connectivity index (χ2v) is 14.9. The van der Waals surface area contributed by atoms with E-state index in [1.165, 1.54) is 6.07 Å². The topological polar surface area (TPSA) is 186 Å². The number of rotatable bonds is 6. The fourth-order valence-electron chi connectivity index (χ4n) is 8.34. The number of nitrogens with zero attached hydrogens (tertiary/aromatic N) is 6. The third-order valence-electron chi connectivity index (χ3n) is 11.4.